The lowest BCUT2D eigenvalue weighted by Crippen LogP contribution is -2.07. The van der Waals surface area contributed by atoms with Gasteiger partial charge in [-0.15, -0.1) is 11.8 Å². The van der Waals surface area contributed by atoms with Crippen LogP contribution in [0.3, 0.4) is 0 Å². The van der Waals surface area contributed by atoms with Crippen LogP contribution in [0.5, 0.6) is 5.75 Å². The van der Waals surface area contributed by atoms with Gasteiger partial charge >= 0.3 is 0 Å². The standard InChI is InChI=1S/C23H20N2O2S/c26-23(10-4-17-3-9-22-19(14-17)11-13-27-22)25-20-5-7-21(8-6-20)28-16-18-2-1-12-24-15-18/h1-10,12,14-15H,11,13,16H2,(H,25,26). The Morgan fingerprint density at radius 2 is 2.07 bits per heavy atom. The number of benzene rings is 2. The van der Waals surface area contributed by atoms with Crippen LogP contribution in [-0.2, 0) is 17.0 Å². The summed E-state index contributed by atoms with van der Waals surface area (Å²) in [6.07, 6.45) is 7.96. The number of nitrogens with zero attached hydrogens (tertiary/aromatic N) is 1. The molecule has 0 unspecified atom stereocenters. The van der Waals surface area contributed by atoms with Gasteiger partial charge in [0.15, 0.2) is 0 Å². The van der Waals surface area contributed by atoms with E-state index in [-0.39, 0.29) is 5.91 Å². The Hall–Kier alpha value is -3.05. The lowest BCUT2D eigenvalue weighted by Gasteiger charge is -2.05. The second kappa shape index (κ2) is 8.76. The third-order valence-corrected chi connectivity index (χ3v) is 5.47. The maximum atomic E-state index is 12.2. The highest BCUT2D eigenvalue weighted by molar-refractivity contribution is 7.98. The summed E-state index contributed by atoms with van der Waals surface area (Å²) in [5.41, 5.74) is 4.17. The molecule has 0 aliphatic carbocycles. The van der Waals surface area contributed by atoms with Crippen molar-refractivity contribution in [3.05, 3.63) is 89.8 Å². The van der Waals surface area contributed by atoms with Crippen molar-refractivity contribution in [2.75, 3.05) is 11.9 Å². The molecule has 4 rings (SSSR count). The van der Waals surface area contributed by atoms with Crippen molar-refractivity contribution in [1.29, 1.82) is 0 Å². The highest BCUT2D eigenvalue weighted by Gasteiger charge is 2.11. The van der Waals surface area contributed by atoms with Gasteiger partial charge in [0.1, 0.15) is 5.75 Å². The third-order valence-electron chi connectivity index (χ3n) is 4.39. The number of carbonyl (C=O) groups excluding carboxylic acids is 1. The predicted molar refractivity (Wildman–Crippen MR) is 114 cm³/mol. The van der Waals surface area contributed by atoms with Crippen LogP contribution in [0.4, 0.5) is 5.69 Å². The Kier molecular flexibility index (Phi) is 5.73. The maximum absolute atomic E-state index is 12.2. The van der Waals surface area contributed by atoms with Crippen molar-refractivity contribution < 1.29 is 9.53 Å². The minimum Gasteiger partial charge on any atom is -0.493 e. The van der Waals surface area contributed by atoms with E-state index in [0.29, 0.717) is 0 Å². The van der Waals surface area contributed by atoms with Gasteiger partial charge in [0.2, 0.25) is 5.91 Å². The molecule has 1 N–H and O–H groups in total. The number of hydrogen-bond donors (Lipinski definition) is 1. The van der Waals surface area contributed by atoms with E-state index in [9.17, 15) is 4.79 Å². The van der Waals surface area contributed by atoms with Crippen molar-refractivity contribution in [2.45, 2.75) is 17.1 Å². The summed E-state index contributed by atoms with van der Waals surface area (Å²) in [4.78, 5) is 17.5. The number of carbonyl (C=O) groups is 1. The molecule has 1 aliphatic rings. The number of fused-ring (bicyclic) bond motifs is 1. The SMILES string of the molecule is O=C(C=Cc1ccc2c(c1)CCO2)Nc1ccc(SCc2cccnc2)cc1. The molecule has 5 heteroatoms. The van der Waals surface area contributed by atoms with Gasteiger partial charge < -0.3 is 10.1 Å². The number of pyridine rings is 1. The summed E-state index contributed by atoms with van der Waals surface area (Å²) in [5, 5.41) is 2.90. The molecule has 4 nitrogen and oxygen atoms in total. The second-order valence-electron chi connectivity index (χ2n) is 6.46. The van der Waals surface area contributed by atoms with Crippen LogP contribution < -0.4 is 10.1 Å². The largest absolute Gasteiger partial charge is 0.493 e. The van der Waals surface area contributed by atoms with E-state index in [0.717, 1.165) is 40.7 Å². The summed E-state index contributed by atoms with van der Waals surface area (Å²) in [5.74, 6) is 1.67. The monoisotopic (exact) mass is 388 g/mol. The maximum Gasteiger partial charge on any atom is 0.248 e. The van der Waals surface area contributed by atoms with Crippen molar-refractivity contribution in [1.82, 2.24) is 4.98 Å². The summed E-state index contributed by atoms with van der Waals surface area (Å²) in [6.45, 7) is 0.736. The Bertz CT molecular complexity index is 985. The van der Waals surface area contributed by atoms with Crippen LogP contribution in [0.15, 0.2) is 78.0 Å². The molecule has 28 heavy (non-hydrogen) atoms. The first kappa shape index (κ1) is 18.3. The molecule has 2 heterocycles. The molecule has 0 fully saturated rings. The van der Waals surface area contributed by atoms with Crippen LogP contribution >= 0.6 is 11.8 Å². The minimum atomic E-state index is -0.146. The number of rotatable bonds is 6. The van der Waals surface area contributed by atoms with Crippen molar-refractivity contribution in [3.63, 3.8) is 0 Å². The highest BCUT2D eigenvalue weighted by Crippen LogP contribution is 2.26. The molecule has 0 spiro atoms. The molecular formula is C23H20N2O2S. The minimum absolute atomic E-state index is 0.146. The second-order valence-corrected chi connectivity index (χ2v) is 7.51. The zero-order valence-corrected chi connectivity index (χ0v) is 16.1. The Morgan fingerprint density at radius 1 is 1.18 bits per heavy atom. The molecule has 0 atom stereocenters. The molecule has 0 saturated carbocycles. The van der Waals surface area contributed by atoms with Gasteiger partial charge in [0.05, 0.1) is 6.61 Å². The zero-order valence-electron chi connectivity index (χ0n) is 15.3. The van der Waals surface area contributed by atoms with Crippen molar-refractivity contribution in [2.24, 2.45) is 0 Å². The van der Waals surface area contributed by atoms with E-state index in [2.05, 4.69) is 22.4 Å². The first-order valence-electron chi connectivity index (χ1n) is 9.13. The zero-order chi connectivity index (χ0) is 19.2. The van der Waals surface area contributed by atoms with Gasteiger partial charge in [-0.25, -0.2) is 0 Å². The Labute approximate surface area is 168 Å². The summed E-state index contributed by atoms with van der Waals surface area (Å²) in [7, 11) is 0. The molecule has 1 aliphatic heterocycles. The molecule has 0 bridgehead atoms. The van der Waals surface area contributed by atoms with Crippen LogP contribution in [-0.4, -0.2) is 17.5 Å². The smallest absolute Gasteiger partial charge is 0.248 e. The molecule has 2 aromatic carbocycles. The summed E-state index contributed by atoms with van der Waals surface area (Å²) >= 11 is 1.74. The van der Waals surface area contributed by atoms with E-state index >= 15 is 0 Å². The predicted octanol–water partition coefficient (Wildman–Crippen LogP) is 4.96. The van der Waals surface area contributed by atoms with Gasteiger partial charge in [-0.3, -0.25) is 9.78 Å². The van der Waals surface area contributed by atoms with Gasteiger partial charge in [-0.1, -0.05) is 12.1 Å². The molecule has 3 aromatic rings. The van der Waals surface area contributed by atoms with E-state index in [1.165, 1.54) is 11.1 Å². The molecule has 0 radical (unpaired) electrons. The van der Waals surface area contributed by atoms with Gasteiger partial charge in [-0.05, 0) is 65.2 Å². The van der Waals surface area contributed by atoms with Crippen molar-refractivity contribution >= 4 is 29.4 Å². The molecule has 1 amide bonds. The third kappa shape index (κ3) is 4.81. The quantitative estimate of drug-likeness (QED) is 0.479. The number of hydrogen-bond acceptors (Lipinski definition) is 4. The average Bonchev–Trinajstić information content (AvgIpc) is 3.20. The van der Waals surface area contributed by atoms with Crippen LogP contribution in [0.25, 0.3) is 6.08 Å². The first-order chi connectivity index (χ1) is 13.8. The number of thioether (sulfide) groups is 1. The molecule has 1 aromatic heterocycles. The summed E-state index contributed by atoms with van der Waals surface area (Å²) < 4.78 is 5.50. The fraction of sp³-hybridized carbons (Fsp3) is 0.130. The van der Waals surface area contributed by atoms with Gasteiger partial charge in [0, 0.05) is 41.2 Å². The normalized spacial score (nSPS) is 12.6. The highest BCUT2D eigenvalue weighted by atomic mass is 32.2. The number of ether oxygens (including phenoxy) is 1. The Morgan fingerprint density at radius 3 is 2.89 bits per heavy atom. The number of nitrogens with one attached hydrogen (secondary N) is 1. The topological polar surface area (TPSA) is 51.2 Å². The Balaban J connectivity index is 1.30. The number of aromatic nitrogens is 1. The van der Waals surface area contributed by atoms with E-state index in [1.54, 1.807) is 24.0 Å². The lowest BCUT2D eigenvalue weighted by atomic mass is 10.1. The summed E-state index contributed by atoms with van der Waals surface area (Å²) in [6, 6.07) is 17.9. The van der Waals surface area contributed by atoms with Crippen LogP contribution in [0, 0.1) is 0 Å². The van der Waals surface area contributed by atoms with Crippen LogP contribution in [0.2, 0.25) is 0 Å². The number of amides is 1. The van der Waals surface area contributed by atoms with Gasteiger partial charge in [0.25, 0.3) is 0 Å². The average molecular weight is 388 g/mol. The fourth-order valence-corrected chi connectivity index (χ4v) is 3.78. The van der Waals surface area contributed by atoms with Gasteiger partial charge in [-0.2, -0.15) is 0 Å². The fourth-order valence-electron chi connectivity index (χ4n) is 2.95. The van der Waals surface area contributed by atoms with Crippen molar-refractivity contribution in [3.8, 4) is 5.75 Å². The lowest BCUT2D eigenvalue weighted by molar-refractivity contribution is -0.111. The van der Waals surface area contributed by atoms with E-state index in [1.807, 2.05) is 54.7 Å². The first-order valence-corrected chi connectivity index (χ1v) is 10.1. The molecule has 0 saturated heterocycles. The number of anilines is 1. The van der Waals surface area contributed by atoms with E-state index < -0.39 is 0 Å². The van der Waals surface area contributed by atoms with Crippen LogP contribution in [0.1, 0.15) is 16.7 Å². The molecular weight excluding hydrogens is 368 g/mol. The molecule has 140 valence electrons. The van der Waals surface area contributed by atoms with E-state index in [4.69, 9.17) is 4.74 Å².